The summed E-state index contributed by atoms with van der Waals surface area (Å²) in [7, 11) is 1.53. The molecule has 5 nitrogen and oxygen atoms in total. The molecule has 0 heterocycles. The molecule has 0 atom stereocenters. The zero-order valence-corrected chi connectivity index (χ0v) is 7.09. The number of unbranched alkanes of at least 4 members (excludes halogenated alkanes) is 1. The van der Waals surface area contributed by atoms with Gasteiger partial charge in [0.1, 0.15) is 0 Å². The van der Waals surface area contributed by atoms with E-state index in [0.29, 0.717) is 19.4 Å². The van der Waals surface area contributed by atoms with Crippen molar-refractivity contribution >= 4 is 12.0 Å². The van der Waals surface area contributed by atoms with E-state index in [1.165, 1.54) is 7.05 Å². The second kappa shape index (κ2) is 6.45. The molecule has 0 bridgehead atoms. The van der Waals surface area contributed by atoms with Crippen molar-refractivity contribution in [3.05, 3.63) is 0 Å². The summed E-state index contributed by atoms with van der Waals surface area (Å²) < 4.78 is 0. The van der Waals surface area contributed by atoms with Crippen molar-refractivity contribution in [1.82, 2.24) is 10.6 Å². The van der Waals surface area contributed by atoms with E-state index in [9.17, 15) is 9.59 Å². The van der Waals surface area contributed by atoms with Crippen molar-refractivity contribution < 1.29 is 14.7 Å². The molecule has 0 fully saturated rings. The Balaban J connectivity index is 3.11. The Hall–Kier alpha value is -1.26. The molecule has 12 heavy (non-hydrogen) atoms. The van der Waals surface area contributed by atoms with Crippen LogP contribution in [0.15, 0.2) is 0 Å². The molecule has 0 unspecified atom stereocenters. The summed E-state index contributed by atoms with van der Waals surface area (Å²) in [5.41, 5.74) is 0. The zero-order chi connectivity index (χ0) is 9.40. The molecule has 0 saturated heterocycles. The van der Waals surface area contributed by atoms with Crippen molar-refractivity contribution in [3.63, 3.8) is 0 Å². The van der Waals surface area contributed by atoms with Crippen molar-refractivity contribution in [3.8, 4) is 0 Å². The van der Waals surface area contributed by atoms with Crippen LogP contribution in [0.3, 0.4) is 0 Å². The second-order valence-corrected chi connectivity index (χ2v) is 2.36. The number of urea groups is 1. The van der Waals surface area contributed by atoms with Crippen molar-refractivity contribution in [1.29, 1.82) is 0 Å². The highest BCUT2D eigenvalue weighted by Gasteiger charge is 1.97. The summed E-state index contributed by atoms with van der Waals surface area (Å²) in [5, 5.41) is 13.2. The highest BCUT2D eigenvalue weighted by Crippen LogP contribution is 1.92. The summed E-state index contributed by atoms with van der Waals surface area (Å²) >= 11 is 0. The minimum atomic E-state index is -0.796. The third-order valence-electron chi connectivity index (χ3n) is 1.33. The lowest BCUT2D eigenvalue weighted by molar-refractivity contribution is -0.137. The first-order valence-electron chi connectivity index (χ1n) is 3.84. The SMILES string of the molecule is CNC(=O)NCCCCC(=O)O. The number of carboxylic acids is 1. The highest BCUT2D eigenvalue weighted by atomic mass is 16.4. The van der Waals surface area contributed by atoms with Crippen LogP contribution in [-0.4, -0.2) is 30.7 Å². The molecule has 70 valence electrons. The summed E-state index contributed by atoms with van der Waals surface area (Å²) in [6.45, 7) is 0.521. The van der Waals surface area contributed by atoms with Crippen LogP contribution in [0.1, 0.15) is 19.3 Å². The Morgan fingerprint density at radius 1 is 1.33 bits per heavy atom. The van der Waals surface area contributed by atoms with Gasteiger partial charge in [0, 0.05) is 20.0 Å². The van der Waals surface area contributed by atoms with Crippen LogP contribution >= 0.6 is 0 Å². The molecular formula is C7H14N2O3. The van der Waals surface area contributed by atoms with E-state index in [-0.39, 0.29) is 12.5 Å². The lowest BCUT2D eigenvalue weighted by atomic mass is 10.2. The van der Waals surface area contributed by atoms with Crippen molar-refractivity contribution in [2.24, 2.45) is 0 Å². The number of amides is 2. The molecule has 0 radical (unpaired) electrons. The molecule has 0 aromatic carbocycles. The molecule has 0 saturated carbocycles. The zero-order valence-electron chi connectivity index (χ0n) is 7.09. The smallest absolute Gasteiger partial charge is 0.314 e. The van der Waals surface area contributed by atoms with Crippen LogP contribution in [0.25, 0.3) is 0 Å². The van der Waals surface area contributed by atoms with Gasteiger partial charge in [-0.05, 0) is 12.8 Å². The van der Waals surface area contributed by atoms with E-state index < -0.39 is 5.97 Å². The van der Waals surface area contributed by atoms with Gasteiger partial charge in [0.05, 0.1) is 0 Å². The first-order valence-corrected chi connectivity index (χ1v) is 3.84. The third kappa shape index (κ3) is 6.85. The predicted octanol–water partition coefficient (Wildman–Crippen LogP) is 0.170. The van der Waals surface area contributed by atoms with Gasteiger partial charge >= 0.3 is 12.0 Å². The number of hydrogen-bond donors (Lipinski definition) is 3. The third-order valence-corrected chi connectivity index (χ3v) is 1.33. The van der Waals surface area contributed by atoms with Crippen LogP contribution < -0.4 is 10.6 Å². The Bertz CT molecular complexity index is 159. The second-order valence-electron chi connectivity index (χ2n) is 2.36. The van der Waals surface area contributed by atoms with Gasteiger partial charge in [0.25, 0.3) is 0 Å². The number of rotatable bonds is 5. The molecule has 0 spiro atoms. The number of aliphatic carboxylic acids is 1. The van der Waals surface area contributed by atoms with Gasteiger partial charge in [-0.15, -0.1) is 0 Å². The molecule has 0 aromatic rings. The number of carboxylic acid groups (broad SMARTS) is 1. The molecule has 3 N–H and O–H groups in total. The van der Waals surface area contributed by atoms with Gasteiger partial charge < -0.3 is 15.7 Å². The van der Waals surface area contributed by atoms with E-state index in [1.807, 2.05) is 0 Å². The minimum Gasteiger partial charge on any atom is -0.481 e. The van der Waals surface area contributed by atoms with Gasteiger partial charge in [-0.1, -0.05) is 0 Å². The highest BCUT2D eigenvalue weighted by molar-refractivity contribution is 5.73. The number of nitrogens with one attached hydrogen (secondary N) is 2. The molecule has 0 rings (SSSR count). The average Bonchev–Trinajstić information content (AvgIpc) is 2.03. The van der Waals surface area contributed by atoms with Crippen LogP contribution in [0.4, 0.5) is 4.79 Å². The molecule has 0 aliphatic rings. The first-order chi connectivity index (χ1) is 5.66. The van der Waals surface area contributed by atoms with Crippen molar-refractivity contribution in [2.75, 3.05) is 13.6 Å². The largest absolute Gasteiger partial charge is 0.481 e. The Morgan fingerprint density at radius 2 is 2.00 bits per heavy atom. The van der Waals surface area contributed by atoms with Crippen LogP contribution in [0.2, 0.25) is 0 Å². The maximum atomic E-state index is 10.6. The van der Waals surface area contributed by atoms with E-state index in [2.05, 4.69) is 10.6 Å². The van der Waals surface area contributed by atoms with Gasteiger partial charge in [-0.2, -0.15) is 0 Å². The summed E-state index contributed by atoms with van der Waals surface area (Å²) in [5.74, 6) is -0.796. The van der Waals surface area contributed by atoms with Crippen LogP contribution in [0, 0.1) is 0 Å². The molecular weight excluding hydrogens is 160 g/mol. The van der Waals surface area contributed by atoms with E-state index >= 15 is 0 Å². The topological polar surface area (TPSA) is 78.4 Å². The van der Waals surface area contributed by atoms with Crippen LogP contribution in [-0.2, 0) is 4.79 Å². The van der Waals surface area contributed by atoms with Gasteiger partial charge in [-0.25, -0.2) is 4.79 Å². The number of hydrogen-bond acceptors (Lipinski definition) is 2. The number of carbonyl (C=O) groups is 2. The van der Waals surface area contributed by atoms with Crippen molar-refractivity contribution in [2.45, 2.75) is 19.3 Å². The quantitative estimate of drug-likeness (QED) is 0.520. The molecule has 0 aliphatic heterocycles. The monoisotopic (exact) mass is 174 g/mol. The minimum absolute atomic E-state index is 0.162. The van der Waals surface area contributed by atoms with E-state index in [1.54, 1.807) is 0 Å². The predicted molar refractivity (Wildman–Crippen MR) is 43.9 cm³/mol. The Kier molecular flexibility index (Phi) is 5.77. The molecule has 5 heteroatoms. The summed E-state index contributed by atoms with van der Waals surface area (Å²) in [6, 6.07) is -0.231. The van der Waals surface area contributed by atoms with Gasteiger partial charge in [0.2, 0.25) is 0 Å². The van der Waals surface area contributed by atoms with Gasteiger partial charge in [0.15, 0.2) is 0 Å². The normalized spacial score (nSPS) is 9.08. The average molecular weight is 174 g/mol. The molecule has 0 aromatic heterocycles. The first kappa shape index (κ1) is 10.7. The van der Waals surface area contributed by atoms with E-state index in [0.717, 1.165) is 0 Å². The fraction of sp³-hybridized carbons (Fsp3) is 0.714. The van der Waals surface area contributed by atoms with E-state index in [4.69, 9.17) is 5.11 Å². The lowest BCUT2D eigenvalue weighted by Gasteiger charge is -2.02. The fourth-order valence-corrected chi connectivity index (χ4v) is 0.692. The number of carbonyl (C=O) groups excluding carboxylic acids is 1. The molecule has 2 amide bonds. The Morgan fingerprint density at radius 3 is 2.50 bits per heavy atom. The summed E-state index contributed by atoms with van der Waals surface area (Å²) in [4.78, 5) is 20.6. The Labute approximate surface area is 71.1 Å². The maximum absolute atomic E-state index is 10.6. The van der Waals surface area contributed by atoms with Gasteiger partial charge in [-0.3, -0.25) is 4.79 Å². The molecule has 0 aliphatic carbocycles. The standard InChI is InChI=1S/C7H14N2O3/c1-8-7(12)9-5-3-2-4-6(10)11/h2-5H2,1H3,(H,10,11)(H2,8,9,12). The summed E-state index contributed by atoms with van der Waals surface area (Å²) in [6.07, 6.45) is 1.45. The fourth-order valence-electron chi connectivity index (χ4n) is 0.692. The maximum Gasteiger partial charge on any atom is 0.314 e. The van der Waals surface area contributed by atoms with Crippen LogP contribution in [0.5, 0.6) is 0 Å². The lowest BCUT2D eigenvalue weighted by Crippen LogP contribution is -2.33.